The molecule has 2 nitrogen and oxygen atoms in total. The highest BCUT2D eigenvalue weighted by molar-refractivity contribution is 7.10. The molecule has 7 heteroatoms. The van der Waals surface area contributed by atoms with Gasteiger partial charge in [0.1, 0.15) is 0 Å². The quantitative estimate of drug-likeness (QED) is 0.707. The third kappa shape index (κ3) is 4.07. The van der Waals surface area contributed by atoms with Crippen LogP contribution in [0.2, 0.25) is 5.02 Å². The van der Waals surface area contributed by atoms with Crippen molar-refractivity contribution in [1.29, 1.82) is 0 Å². The Hall–Kier alpha value is -1.79. The predicted octanol–water partition coefficient (Wildman–Crippen LogP) is 5.06. The van der Waals surface area contributed by atoms with Crippen LogP contribution >= 0.6 is 22.9 Å². The molecule has 0 bridgehead atoms. The molecular formula is C18H15ClF3NOS. The first-order valence-electron chi connectivity index (χ1n) is 7.74. The lowest BCUT2D eigenvalue weighted by molar-refractivity contribution is -0.185. The van der Waals surface area contributed by atoms with Crippen LogP contribution in [0, 0.1) is 0 Å². The molecule has 0 N–H and O–H groups in total. The molecular weight excluding hydrogens is 371 g/mol. The van der Waals surface area contributed by atoms with Crippen molar-refractivity contribution in [2.24, 2.45) is 0 Å². The van der Waals surface area contributed by atoms with Crippen molar-refractivity contribution in [2.45, 2.75) is 19.0 Å². The molecule has 2 aromatic rings. The zero-order chi connectivity index (χ0) is 18.0. The fraction of sp³-hybridized carbons (Fsp3) is 0.278. The molecule has 25 heavy (non-hydrogen) atoms. The van der Waals surface area contributed by atoms with Crippen LogP contribution < -0.4 is 0 Å². The van der Waals surface area contributed by atoms with E-state index in [1.54, 1.807) is 17.4 Å². The highest BCUT2D eigenvalue weighted by atomic mass is 35.5. The molecule has 0 fully saturated rings. The molecule has 1 aliphatic heterocycles. The van der Waals surface area contributed by atoms with Gasteiger partial charge >= 0.3 is 12.1 Å². The zero-order valence-corrected chi connectivity index (χ0v) is 14.7. The van der Waals surface area contributed by atoms with Gasteiger partial charge in [0.2, 0.25) is 0 Å². The molecule has 0 spiro atoms. The number of hydrogen-bond donors (Lipinski definition) is 0. The summed E-state index contributed by atoms with van der Waals surface area (Å²) in [6, 6.07) is 7.51. The van der Waals surface area contributed by atoms with Gasteiger partial charge in [0.25, 0.3) is 0 Å². The Labute approximate surface area is 152 Å². The van der Waals surface area contributed by atoms with E-state index in [0.717, 1.165) is 26.5 Å². The van der Waals surface area contributed by atoms with Crippen LogP contribution in [0.5, 0.6) is 0 Å². The van der Waals surface area contributed by atoms with E-state index in [9.17, 15) is 18.0 Å². The molecule has 1 aliphatic rings. The minimum Gasteiger partial charge on any atom is -0.334 e. The molecule has 0 saturated heterocycles. The minimum atomic E-state index is -4.84. The fourth-order valence-electron chi connectivity index (χ4n) is 2.94. The van der Waals surface area contributed by atoms with Gasteiger partial charge in [0, 0.05) is 23.0 Å². The van der Waals surface area contributed by atoms with Crippen LogP contribution in [0.3, 0.4) is 0 Å². The van der Waals surface area contributed by atoms with Crippen LogP contribution in [0.25, 0.3) is 12.2 Å². The topological polar surface area (TPSA) is 20.3 Å². The fourth-order valence-corrected chi connectivity index (χ4v) is 3.80. The lowest BCUT2D eigenvalue weighted by Gasteiger charge is -2.21. The molecule has 132 valence electrons. The van der Waals surface area contributed by atoms with E-state index in [4.69, 9.17) is 11.6 Å². The van der Waals surface area contributed by atoms with Crippen LogP contribution in [0.1, 0.15) is 21.6 Å². The van der Waals surface area contributed by atoms with E-state index in [0.29, 0.717) is 17.9 Å². The third-order valence-corrected chi connectivity index (χ3v) is 5.34. The second-order valence-electron chi connectivity index (χ2n) is 5.74. The summed E-state index contributed by atoms with van der Waals surface area (Å²) >= 11 is 7.91. The maximum atomic E-state index is 12.7. The monoisotopic (exact) mass is 385 g/mol. The van der Waals surface area contributed by atoms with Crippen molar-refractivity contribution in [3.63, 3.8) is 0 Å². The molecule has 0 aliphatic carbocycles. The van der Waals surface area contributed by atoms with Gasteiger partial charge in [0.15, 0.2) is 0 Å². The van der Waals surface area contributed by atoms with E-state index in [2.05, 4.69) is 0 Å². The molecule has 2 heterocycles. The number of thiophene rings is 1. The molecule has 1 amide bonds. The largest absolute Gasteiger partial charge is 0.471 e. The van der Waals surface area contributed by atoms with Gasteiger partial charge in [-0.3, -0.25) is 4.79 Å². The van der Waals surface area contributed by atoms with Gasteiger partial charge in [-0.25, -0.2) is 0 Å². The molecule has 1 aromatic heterocycles. The van der Waals surface area contributed by atoms with Crippen LogP contribution in [-0.2, 0) is 17.6 Å². The third-order valence-electron chi connectivity index (χ3n) is 4.17. The minimum absolute atomic E-state index is 0.0333. The normalized spacial score (nSPS) is 15.3. The number of alkyl halides is 3. The van der Waals surface area contributed by atoms with Gasteiger partial charge in [-0.05, 0) is 53.1 Å². The van der Waals surface area contributed by atoms with E-state index in [-0.39, 0.29) is 13.1 Å². The number of halogens is 4. The van der Waals surface area contributed by atoms with Crippen molar-refractivity contribution in [2.75, 3.05) is 13.1 Å². The number of hydrogen-bond acceptors (Lipinski definition) is 2. The summed E-state index contributed by atoms with van der Waals surface area (Å²) in [5.41, 5.74) is 2.67. The number of carbonyl (C=O) groups excluding carboxylic acids is 1. The first-order valence-corrected chi connectivity index (χ1v) is 9.00. The summed E-state index contributed by atoms with van der Waals surface area (Å²) in [5, 5.41) is 2.52. The summed E-state index contributed by atoms with van der Waals surface area (Å²) in [7, 11) is 0. The Morgan fingerprint density at radius 1 is 1.16 bits per heavy atom. The molecule has 0 atom stereocenters. The molecule has 1 aromatic carbocycles. The van der Waals surface area contributed by atoms with Crippen LogP contribution in [0.15, 0.2) is 29.6 Å². The van der Waals surface area contributed by atoms with Crippen molar-refractivity contribution in [3.8, 4) is 0 Å². The predicted molar refractivity (Wildman–Crippen MR) is 94.7 cm³/mol. The first-order chi connectivity index (χ1) is 11.9. The van der Waals surface area contributed by atoms with Crippen LogP contribution in [-0.4, -0.2) is 30.1 Å². The maximum absolute atomic E-state index is 12.7. The number of amides is 1. The summed E-state index contributed by atoms with van der Waals surface area (Å²) in [6.45, 7) is 0.0899. The first kappa shape index (κ1) is 18.0. The molecule has 0 unspecified atom stereocenters. The number of benzene rings is 1. The van der Waals surface area contributed by atoms with E-state index >= 15 is 0 Å². The van der Waals surface area contributed by atoms with Gasteiger partial charge < -0.3 is 4.90 Å². The Bertz CT molecular complexity index is 799. The van der Waals surface area contributed by atoms with Crippen molar-refractivity contribution in [3.05, 3.63) is 56.2 Å². The summed E-state index contributed by atoms with van der Waals surface area (Å²) < 4.78 is 38.1. The number of rotatable bonds is 2. The summed E-state index contributed by atoms with van der Waals surface area (Å²) in [5.74, 6) is -1.78. The second-order valence-corrected chi connectivity index (χ2v) is 7.12. The standard InChI is InChI=1S/C18H15ClF3NOS/c19-16-6-3-12-7-9-23(17(24)18(20,21)22)10-8-14(12)15(16)5-4-13-2-1-11-25-13/h1-6,11H,7-10H2/b5-4-. The van der Waals surface area contributed by atoms with Gasteiger partial charge in [0.05, 0.1) is 0 Å². The van der Waals surface area contributed by atoms with E-state index < -0.39 is 12.1 Å². The van der Waals surface area contributed by atoms with Gasteiger partial charge in [-0.2, -0.15) is 13.2 Å². The SMILES string of the molecule is O=C(N1CCc2ccc(Cl)c(/C=C\c3cccs3)c2CC1)C(F)(F)F. The lowest BCUT2D eigenvalue weighted by atomic mass is 9.96. The Balaban J connectivity index is 1.88. The average molecular weight is 386 g/mol. The second kappa shape index (κ2) is 7.22. The smallest absolute Gasteiger partial charge is 0.334 e. The molecule has 0 saturated carbocycles. The van der Waals surface area contributed by atoms with E-state index in [1.165, 1.54) is 0 Å². The van der Waals surface area contributed by atoms with Crippen molar-refractivity contribution < 1.29 is 18.0 Å². The summed E-state index contributed by atoms with van der Waals surface area (Å²) in [6.07, 6.45) is -0.268. The Kier molecular flexibility index (Phi) is 5.20. The molecule has 3 rings (SSSR count). The number of carbonyl (C=O) groups is 1. The average Bonchev–Trinajstić information content (AvgIpc) is 2.98. The van der Waals surface area contributed by atoms with E-state index in [1.807, 2.05) is 35.7 Å². The highest BCUT2D eigenvalue weighted by Gasteiger charge is 2.42. The van der Waals surface area contributed by atoms with Crippen molar-refractivity contribution in [1.82, 2.24) is 4.90 Å². The van der Waals surface area contributed by atoms with Crippen LogP contribution in [0.4, 0.5) is 13.2 Å². The lowest BCUT2D eigenvalue weighted by Crippen LogP contribution is -2.42. The number of fused-ring (bicyclic) bond motifs is 1. The van der Waals surface area contributed by atoms with Crippen molar-refractivity contribution >= 4 is 41.0 Å². The zero-order valence-electron chi connectivity index (χ0n) is 13.1. The number of nitrogens with zero attached hydrogens (tertiary/aromatic N) is 1. The van der Waals surface area contributed by atoms with Gasteiger partial charge in [-0.1, -0.05) is 29.8 Å². The Morgan fingerprint density at radius 2 is 1.92 bits per heavy atom. The van der Waals surface area contributed by atoms with Gasteiger partial charge in [-0.15, -0.1) is 11.3 Å². The maximum Gasteiger partial charge on any atom is 0.471 e. The molecule has 0 radical (unpaired) electrons. The summed E-state index contributed by atoms with van der Waals surface area (Å²) in [4.78, 5) is 13.5. The Morgan fingerprint density at radius 3 is 2.60 bits per heavy atom. The highest BCUT2D eigenvalue weighted by Crippen LogP contribution is 2.30.